The van der Waals surface area contributed by atoms with Crippen molar-refractivity contribution in [3.63, 3.8) is 0 Å². The van der Waals surface area contributed by atoms with E-state index in [2.05, 4.69) is 69.1 Å². The molecule has 2 aromatic heterocycles. The minimum Gasteiger partial charge on any atom is -0.453 e. The lowest BCUT2D eigenvalue weighted by atomic mass is 9.95. The number of nitrogens with zero attached hydrogens (tertiary/aromatic N) is 4. The number of H-pyrrole nitrogens is 2. The highest BCUT2D eigenvalue weighted by Gasteiger charge is 2.56. The van der Waals surface area contributed by atoms with Crippen LogP contribution in [0.2, 0.25) is 0 Å². The molecule has 14 nitrogen and oxygen atoms in total. The molecule has 0 spiro atoms. The average molecular weight is 835 g/mol. The number of piperidine rings is 2. The number of aromatic nitrogens is 4. The summed E-state index contributed by atoms with van der Waals surface area (Å²) in [5, 5.41) is 7.60. The van der Waals surface area contributed by atoms with Crippen molar-refractivity contribution in [3.8, 4) is 22.4 Å². The molecule has 4 fully saturated rings. The molecule has 10 rings (SSSR count). The Morgan fingerprint density at radius 3 is 2.24 bits per heavy atom. The van der Waals surface area contributed by atoms with Crippen molar-refractivity contribution >= 4 is 45.8 Å². The van der Waals surface area contributed by atoms with E-state index in [1.807, 2.05) is 66.2 Å². The summed E-state index contributed by atoms with van der Waals surface area (Å²) >= 11 is 0. The lowest BCUT2D eigenvalue weighted by Crippen LogP contribution is -2.54. The van der Waals surface area contributed by atoms with E-state index < -0.39 is 24.3 Å². The van der Waals surface area contributed by atoms with Gasteiger partial charge in [-0.3, -0.25) is 9.59 Å². The number of carbonyl (C=O) groups is 4. The van der Waals surface area contributed by atoms with Gasteiger partial charge in [-0.1, -0.05) is 86.6 Å². The zero-order valence-electron chi connectivity index (χ0n) is 35.1. The fourth-order valence-electron chi connectivity index (χ4n) is 10.4. The van der Waals surface area contributed by atoms with Crippen molar-refractivity contribution < 1.29 is 28.7 Å². The number of rotatable bonds is 10. The Bertz CT molecular complexity index is 2690. The molecule has 8 atom stereocenters. The van der Waals surface area contributed by atoms with Crippen molar-refractivity contribution in [3.05, 3.63) is 108 Å². The average Bonchev–Trinajstić information content (AvgIpc) is 3.92. The molecule has 4 amide bonds. The molecule has 2 saturated heterocycles. The summed E-state index contributed by atoms with van der Waals surface area (Å²) in [6.45, 7) is 3.86. The van der Waals surface area contributed by atoms with Crippen LogP contribution in [0.5, 0.6) is 0 Å². The fraction of sp³-hybridized carbons (Fsp3) is 0.375. The molecule has 2 aliphatic heterocycles. The highest BCUT2D eigenvalue weighted by atomic mass is 16.5. The summed E-state index contributed by atoms with van der Waals surface area (Å²) in [6, 6.07) is 26.4. The lowest BCUT2D eigenvalue weighted by Gasteiger charge is -2.37. The van der Waals surface area contributed by atoms with Crippen molar-refractivity contribution in [1.29, 1.82) is 0 Å². The smallest absolute Gasteiger partial charge is 0.407 e. The van der Waals surface area contributed by atoms with Gasteiger partial charge in [0, 0.05) is 17.5 Å². The van der Waals surface area contributed by atoms with Gasteiger partial charge >= 0.3 is 12.2 Å². The number of nitrogens with one attached hydrogen (secondary N) is 4. The quantitative estimate of drug-likeness (QED) is 0.108. The summed E-state index contributed by atoms with van der Waals surface area (Å²) in [5.74, 6) is 1.84. The Kier molecular flexibility index (Phi) is 9.95. The van der Waals surface area contributed by atoms with Crippen LogP contribution in [0.4, 0.5) is 9.59 Å². The van der Waals surface area contributed by atoms with Crippen molar-refractivity contribution in [1.82, 2.24) is 40.4 Å². The van der Waals surface area contributed by atoms with Gasteiger partial charge in [-0.25, -0.2) is 19.6 Å². The van der Waals surface area contributed by atoms with E-state index in [9.17, 15) is 19.2 Å². The Morgan fingerprint density at radius 2 is 1.48 bits per heavy atom. The normalized spacial score (nSPS) is 23.4. The monoisotopic (exact) mass is 834 g/mol. The van der Waals surface area contributed by atoms with Gasteiger partial charge in [0.2, 0.25) is 5.91 Å². The molecular formula is C48H50N8O6. The highest BCUT2D eigenvalue weighted by molar-refractivity contribution is 6.05. The van der Waals surface area contributed by atoms with Gasteiger partial charge < -0.3 is 39.9 Å². The van der Waals surface area contributed by atoms with Crippen LogP contribution in [-0.2, 0) is 19.1 Å². The summed E-state index contributed by atoms with van der Waals surface area (Å²) < 4.78 is 9.73. The SMILES string of the molecule is COC(=O)NC(C(=O)N1[C@@H]2CC[C@@H](C2)[C@H]1c1ncc(-c2ccc(-c3ccc4c(ccc5[nH]c([C@@H]6C[C@H]7C[C@H]7N6C(=O)[C@H](NC(=O)OC)c6ccccc6)nc54)c3)cc2)[nH]1)C(C)C. The lowest BCUT2D eigenvalue weighted by molar-refractivity contribution is -0.139. The number of alkyl carbamates (subject to hydrolysis) is 2. The van der Waals surface area contributed by atoms with Crippen LogP contribution < -0.4 is 10.6 Å². The predicted molar refractivity (Wildman–Crippen MR) is 232 cm³/mol. The summed E-state index contributed by atoms with van der Waals surface area (Å²) in [7, 11) is 2.60. The zero-order chi connectivity index (χ0) is 42.8. The molecule has 4 N–H and O–H groups in total. The third kappa shape index (κ3) is 6.91. The first kappa shape index (κ1) is 39.4. The second-order valence-corrected chi connectivity index (χ2v) is 17.6. The van der Waals surface area contributed by atoms with Crippen LogP contribution in [0.25, 0.3) is 44.2 Å². The van der Waals surface area contributed by atoms with Crippen LogP contribution >= 0.6 is 0 Å². The van der Waals surface area contributed by atoms with Gasteiger partial charge in [-0.05, 0) is 89.6 Å². The number of carbonyl (C=O) groups excluding carboxylic acids is 4. The third-order valence-corrected chi connectivity index (χ3v) is 13.6. The Labute approximate surface area is 358 Å². The van der Waals surface area contributed by atoms with E-state index in [-0.39, 0.29) is 41.9 Å². The number of amides is 4. The molecular weight excluding hydrogens is 785 g/mol. The number of benzene rings is 4. The topological polar surface area (TPSA) is 175 Å². The van der Waals surface area contributed by atoms with E-state index in [1.54, 1.807) is 0 Å². The molecule has 2 bridgehead atoms. The van der Waals surface area contributed by atoms with Gasteiger partial charge in [0.25, 0.3) is 5.91 Å². The van der Waals surface area contributed by atoms with Crippen LogP contribution in [-0.4, -0.2) is 86.1 Å². The van der Waals surface area contributed by atoms with Crippen LogP contribution in [0.1, 0.15) is 81.3 Å². The minimum atomic E-state index is -0.878. The van der Waals surface area contributed by atoms with Crippen LogP contribution in [0.3, 0.4) is 0 Å². The maximum atomic E-state index is 14.3. The van der Waals surface area contributed by atoms with Crippen LogP contribution in [0, 0.1) is 17.8 Å². The number of hydrogen-bond donors (Lipinski definition) is 4. The van der Waals surface area contributed by atoms with E-state index >= 15 is 0 Å². The maximum absolute atomic E-state index is 14.3. The van der Waals surface area contributed by atoms with Gasteiger partial charge in [0.1, 0.15) is 23.7 Å². The van der Waals surface area contributed by atoms with E-state index in [0.717, 1.165) is 87.9 Å². The molecule has 2 saturated carbocycles. The Balaban J connectivity index is 0.874. The largest absolute Gasteiger partial charge is 0.453 e. The third-order valence-electron chi connectivity index (χ3n) is 13.6. The van der Waals surface area contributed by atoms with Gasteiger partial charge in [-0.2, -0.15) is 0 Å². The van der Waals surface area contributed by atoms with Gasteiger partial charge in [0.15, 0.2) is 0 Å². The summed E-state index contributed by atoms with van der Waals surface area (Å²) in [4.78, 5) is 73.7. The number of fused-ring (bicyclic) bond motifs is 6. The first-order valence-electron chi connectivity index (χ1n) is 21.6. The van der Waals surface area contributed by atoms with Gasteiger partial charge in [-0.15, -0.1) is 0 Å². The Hall–Kier alpha value is -6.70. The fourth-order valence-corrected chi connectivity index (χ4v) is 10.4. The van der Waals surface area contributed by atoms with E-state index in [4.69, 9.17) is 19.4 Å². The molecule has 1 unspecified atom stereocenters. The van der Waals surface area contributed by atoms with E-state index in [1.165, 1.54) is 14.2 Å². The van der Waals surface area contributed by atoms with Crippen LogP contribution in [0.15, 0.2) is 91.1 Å². The molecule has 318 valence electrons. The standard InChI is InChI=1S/C48H50N8O6/c1-25(2)39(53-47(59)61-3)45(57)55-33-17-14-31(21-33)42(55)44-49-24-36(51-44)27-12-10-26(11-13-27)29-15-18-34-30(20-29)16-19-35-41(34)52-43(50-35)38-23-32-22-37(32)56(38)46(58)40(54-48(60)62-4)28-8-6-5-7-9-28/h5-13,15-16,18-20,24-25,31-33,37-40,42H,14,17,21-23H2,1-4H3,(H,49,51)(H,50,52)(H,53,59)(H,54,60)/t31-,32+,33+,37+,38-,39?,40+,42-/m0/s1. The highest BCUT2D eigenvalue weighted by Crippen LogP contribution is 2.54. The van der Waals surface area contributed by atoms with Crippen molar-refractivity contribution in [2.45, 2.75) is 82.2 Å². The first-order valence-corrected chi connectivity index (χ1v) is 21.6. The number of methoxy groups -OCH3 is 2. The molecule has 4 aromatic carbocycles. The minimum absolute atomic E-state index is 0.0962. The maximum Gasteiger partial charge on any atom is 0.407 e. The predicted octanol–water partition coefficient (Wildman–Crippen LogP) is 7.97. The molecule has 4 heterocycles. The molecule has 62 heavy (non-hydrogen) atoms. The summed E-state index contributed by atoms with van der Waals surface area (Å²) in [5.41, 5.74) is 6.44. The molecule has 0 radical (unpaired) electrons. The molecule has 14 heteroatoms. The second kappa shape index (κ2) is 15.6. The number of ether oxygens (including phenoxy) is 2. The number of hydrogen-bond acceptors (Lipinski definition) is 8. The molecule has 6 aromatic rings. The molecule has 2 aliphatic carbocycles. The number of aromatic amines is 2. The second-order valence-electron chi connectivity index (χ2n) is 17.6. The van der Waals surface area contributed by atoms with Crippen molar-refractivity contribution in [2.24, 2.45) is 17.8 Å². The Morgan fingerprint density at radius 1 is 0.742 bits per heavy atom. The van der Waals surface area contributed by atoms with E-state index in [0.29, 0.717) is 17.4 Å². The molecule has 4 aliphatic rings. The summed E-state index contributed by atoms with van der Waals surface area (Å²) in [6.07, 6.45) is 5.23. The zero-order valence-corrected chi connectivity index (χ0v) is 35.1. The number of likely N-dealkylation sites (tertiary alicyclic amines) is 2. The number of imidazole rings is 2. The first-order chi connectivity index (χ1) is 30.1. The van der Waals surface area contributed by atoms with Crippen molar-refractivity contribution in [2.75, 3.05) is 14.2 Å². The van der Waals surface area contributed by atoms with Gasteiger partial charge in [0.05, 0.1) is 49.2 Å².